The van der Waals surface area contributed by atoms with Crippen LogP contribution >= 0.6 is 23.5 Å². The third-order valence-corrected chi connectivity index (χ3v) is 9.38. The van der Waals surface area contributed by atoms with Gasteiger partial charge in [0, 0.05) is 53.6 Å². The minimum atomic E-state index is -0.425. The van der Waals surface area contributed by atoms with E-state index >= 15 is 0 Å². The summed E-state index contributed by atoms with van der Waals surface area (Å²) in [7, 11) is 0. The van der Waals surface area contributed by atoms with Crippen molar-refractivity contribution in [2.24, 2.45) is 17.2 Å². The Hall–Kier alpha value is -3.42. The van der Waals surface area contributed by atoms with Crippen LogP contribution in [0.15, 0.2) is 52.3 Å². The molecule has 2 amide bonds. The van der Waals surface area contributed by atoms with Crippen molar-refractivity contribution in [3.63, 3.8) is 0 Å². The molecule has 0 radical (unpaired) electrons. The maximum absolute atomic E-state index is 13.8. The van der Waals surface area contributed by atoms with E-state index in [2.05, 4.69) is 52.2 Å². The Morgan fingerprint density at radius 3 is 1.41 bits per heavy atom. The van der Waals surface area contributed by atoms with E-state index < -0.39 is 11.8 Å². The number of amides is 2. The van der Waals surface area contributed by atoms with Gasteiger partial charge >= 0.3 is 0 Å². The maximum Gasteiger partial charge on any atom is 0.255 e. The lowest BCUT2D eigenvalue weighted by Gasteiger charge is -2.23. The lowest BCUT2D eigenvalue weighted by atomic mass is 9.86. The highest BCUT2D eigenvalue weighted by molar-refractivity contribution is 7.99. The van der Waals surface area contributed by atoms with E-state index in [4.69, 9.17) is 33.4 Å². The summed E-state index contributed by atoms with van der Waals surface area (Å²) in [5.41, 5.74) is 34.4. The van der Waals surface area contributed by atoms with Crippen molar-refractivity contribution >= 4 is 58.1 Å². The molecule has 0 aliphatic heterocycles. The van der Waals surface area contributed by atoms with Gasteiger partial charge in [0.15, 0.2) is 0 Å². The first-order chi connectivity index (χ1) is 21.6. The smallest absolute Gasteiger partial charge is 0.255 e. The molecule has 0 atom stereocenters. The number of hydrogen-bond acceptors (Lipinski definition) is 10. The number of carbonyl (C=O) groups excluding carboxylic acids is 2. The van der Waals surface area contributed by atoms with Crippen molar-refractivity contribution in [1.82, 2.24) is 0 Å². The van der Waals surface area contributed by atoms with Crippen LogP contribution in [0.3, 0.4) is 0 Å². The van der Waals surface area contributed by atoms with E-state index in [1.165, 1.54) is 29.6 Å². The molecule has 0 saturated heterocycles. The number of nitrogen functional groups attached to an aromatic ring is 2. The van der Waals surface area contributed by atoms with Gasteiger partial charge in [-0.2, -0.15) is 0 Å². The first-order valence-corrected chi connectivity index (χ1v) is 17.2. The molecule has 46 heavy (non-hydrogen) atoms. The van der Waals surface area contributed by atoms with Gasteiger partial charge in [0.2, 0.25) is 0 Å². The van der Waals surface area contributed by atoms with Crippen LogP contribution in [-0.2, 0) is 10.8 Å². The Morgan fingerprint density at radius 1 is 0.652 bits per heavy atom. The van der Waals surface area contributed by atoms with Crippen LogP contribution in [0.1, 0.15) is 73.4 Å². The highest BCUT2D eigenvalue weighted by Gasteiger charge is 2.23. The van der Waals surface area contributed by atoms with E-state index in [1.807, 2.05) is 24.3 Å². The van der Waals surface area contributed by atoms with Crippen LogP contribution in [0, 0.1) is 0 Å². The van der Waals surface area contributed by atoms with E-state index in [9.17, 15) is 9.59 Å². The fourth-order valence-corrected chi connectivity index (χ4v) is 6.13. The summed E-state index contributed by atoms with van der Waals surface area (Å²) in [4.78, 5) is 29.1. The SMILES string of the molecule is CC(C)(C)c1cc(N)c(SCCN)c(NC(=O)c2cc(OCCN)cc(C(=O)Nc3cc(C(C)(C)C)cc(N)c3SCCN)c2)c1. The van der Waals surface area contributed by atoms with Gasteiger partial charge in [-0.05, 0) is 64.4 Å². The molecule has 250 valence electrons. The Morgan fingerprint density at radius 2 is 1.07 bits per heavy atom. The zero-order valence-corrected chi connectivity index (χ0v) is 29.3. The third kappa shape index (κ3) is 9.79. The number of nitrogens with one attached hydrogen (secondary N) is 2. The number of nitrogens with two attached hydrogens (primary N) is 5. The normalized spacial score (nSPS) is 11.8. The predicted molar refractivity (Wildman–Crippen MR) is 196 cm³/mol. The van der Waals surface area contributed by atoms with Crippen LogP contribution in [0.25, 0.3) is 0 Å². The average molecular weight is 668 g/mol. The molecular formula is C34H49N7O3S2. The van der Waals surface area contributed by atoms with Crippen LogP contribution in [-0.4, -0.2) is 49.6 Å². The lowest BCUT2D eigenvalue weighted by molar-refractivity contribution is 0.102. The molecule has 12 heteroatoms. The van der Waals surface area contributed by atoms with Crippen molar-refractivity contribution in [2.45, 2.75) is 62.2 Å². The zero-order valence-electron chi connectivity index (χ0n) is 27.7. The number of anilines is 4. The summed E-state index contributed by atoms with van der Waals surface area (Å²) < 4.78 is 5.80. The second kappa shape index (κ2) is 15.9. The monoisotopic (exact) mass is 667 g/mol. The number of carbonyl (C=O) groups is 2. The number of ether oxygens (including phenoxy) is 1. The third-order valence-electron chi connectivity index (χ3n) is 7.01. The minimum absolute atomic E-state index is 0.207. The molecule has 0 aromatic heterocycles. The second-order valence-electron chi connectivity index (χ2n) is 13.0. The van der Waals surface area contributed by atoms with Gasteiger partial charge in [-0.1, -0.05) is 41.5 Å². The molecular weight excluding hydrogens is 619 g/mol. The molecule has 3 aromatic rings. The van der Waals surface area contributed by atoms with E-state index in [0.717, 1.165) is 20.9 Å². The number of hydrogen-bond donors (Lipinski definition) is 7. The highest BCUT2D eigenvalue weighted by atomic mass is 32.2. The lowest BCUT2D eigenvalue weighted by Crippen LogP contribution is -2.19. The summed E-state index contributed by atoms with van der Waals surface area (Å²) in [6, 6.07) is 12.4. The van der Waals surface area contributed by atoms with E-state index in [-0.39, 0.29) is 35.1 Å². The maximum atomic E-state index is 13.8. The molecule has 0 spiro atoms. The predicted octanol–water partition coefficient (Wildman–Crippen LogP) is 5.39. The highest BCUT2D eigenvalue weighted by Crippen LogP contribution is 2.39. The van der Waals surface area contributed by atoms with Crippen molar-refractivity contribution in [1.29, 1.82) is 0 Å². The summed E-state index contributed by atoms with van der Waals surface area (Å²) in [6.07, 6.45) is 0. The summed E-state index contributed by atoms with van der Waals surface area (Å²) in [5, 5.41) is 6.06. The molecule has 0 aliphatic rings. The van der Waals surface area contributed by atoms with Gasteiger partial charge in [0.05, 0.1) is 21.2 Å². The van der Waals surface area contributed by atoms with Gasteiger partial charge in [0.1, 0.15) is 12.4 Å². The molecule has 12 N–H and O–H groups in total. The molecule has 0 saturated carbocycles. The first-order valence-electron chi connectivity index (χ1n) is 15.2. The molecule has 3 rings (SSSR count). The number of rotatable bonds is 13. The molecule has 0 heterocycles. The summed E-state index contributed by atoms with van der Waals surface area (Å²) >= 11 is 2.95. The molecule has 0 unspecified atom stereocenters. The van der Waals surface area contributed by atoms with Crippen LogP contribution < -0.4 is 44.0 Å². The topological polar surface area (TPSA) is 198 Å². The van der Waals surface area contributed by atoms with Gasteiger partial charge < -0.3 is 44.0 Å². The van der Waals surface area contributed by atoms with Crippen molar-refractivity contribution in [3.8, 4) is 5.75 Å². The minimum Gasteiger partial charge on any atom is -0.492 e. The quantitative estimate of drug-likeness (QED) is 0.0916. The average Bonchev–Trinajstić information content (AvgIpc) is 2.97. The van der Waals surface area contributed by atoms with Crippen LogP contribution in [0.5, 0.6) is 5.75 Å². The standard InChI is InChI=1S/C34H49N7O3S2/c1-33(2,3)22-16-25(38)29(45-11-8-36)27(18-22)40-31(42)20-13-21(15-24(14-20)44-10-7-35)32(43)41-28-19-23(34(4,5)6)17-26(39)30(28)46-12-9-37/h13-19H,7-12,35-39H2,1-6H3,(H,40,42)(H,41,43). The van der Waals surface area contributed by atoms with Crippen LogP contribution in [0.2, 0.25) is 0 Å². The number of benzene rings is 3. The molecule has 10 nitrogen and oxygen atoms in total. The number of thioether (sulfide) groups is 2. The Kier molecular flexibility index (Phi) is 12.8. The van der Waals surface area contributed by atoms with Gasteiger partial charge in [-0.15, -0.1) is 23.5 Å². The zero-order chi connectivity index (χ0) is 34.2. The second-order valence-corrected chi connectivity index (χ2v) is 15.2. The first kappa shape index (κ1) is 37.0. The Bertz CT molecular complexity index is 1440. The van der Waals surface area contributed by atoms with Crippen LogP contribution in [0.4, 0.5) is 22.7 Å². The van der Waals surface area contributed by atoms with Crippen molar-refractivity contribution in [2.75, 3.05) is 59.8 Å². The fourth-order valence-electron chi connectivity index (χ4n) is 4.51. The van der Waals surface area contributed by atoms with E-state index in [1.54, 1.807) is 12.1 Å². The fraction of sp³-hybridized carbons (Fsp3) is 0.412. The van der Waals surface area contributed by atoms with Crippen molar-refractivity contribution in [3.05, 3.63) is 64.7 Å². The Balaban J connectivity index is 2.05. The van der Waals surface area contributed by atoms with Gasteiger partial charge in [-0.25, -0.2) is 0 Å². The molecule has 3 aromatic carbocycles. The summed E-state index contributed by atoms with van der Waals surface area (Å²) in [6.45, 7) is 13.8. The summed E-state index contributed by atoms with van der Waals surface area (Å²) in [5.74, 6) is 0.739. The molecule has 0 aliphatic carbocycles. The molecule has 0 fully saturated rings. The van der Waals surface area contributed by atoms with Gasteiger partial charge in [-0.3, -0.25) is 9.59 Å². The Labute approximate surface area is 281 Å². The molecule has 0 bridgehead atoms. The van der Waals surface area contributed by atoms with Crippen molar-refractivity contribution < 1.29 is 14.3 Å². The largest absolute Gasteiger partial charge is 0.492 e. The van der Waals surface area contributed by atoms with E-state index in [0.29, 0.717) is 53.1 Å². The van der Waals surface area contributed by atoms with Gasteiger partial charge in [0.25, 0.3) is 11.8 Å².